The third-order valence-corrected chi connectivity index (χ3v) is 11.7. The van der Waals surface area contributed by atoms with E-state index in [2.05, 4.69) is 38.2 Å². The predicted octanol–water partition coefficient (Wildman–Crippen LogP) is 8.25. The third-order valence-electron chi connectivity index (χ3n) is 5.72. The molecule has 152 valence electrons. The van der Waals surface area contributed by atoms with Crippen LogP contribution in [0.4, 0.5) is 0 Å². The second kappa shape index (κ2) is 12.4. The van der Waals surface area contributed by atoms with E-state index in [1.807, 2.05) is 35.6 Å². The van der Waals surface area contributed by atoms with E-state index >= 15 is 0 Å². The summed E-state index contributed by atoms with van der Waals surface area (Å²) in [6.07, 6.45) is 14.1. The monoisotopic (exact) mass is 410 g/mol. The molecule has 0 aliphatic carbocycles. The highest BCUT2D eigenvalue weighted by atomic mass is 32.1. The van der Waals surface area contributed by atoms with Gasteiger partial charge in [-0.2, -0.15) is 0 Å². The lowest BCUT2D eigenvalue weighted by Crippen LogP contribution is -2.38. The zero-order valence-corrected chi connectivity index (χ0v) is 20.0. The summed E-state index contributed by atoms with van der Waals surface area (Å²) >= 11 is 1.91. The Morgan fingerprint density at radius 2 is 1.43 bits per heavy atom. The van der Waals surface area contributed by atoms with Crippen molar-refractivity contribution < 1.29 is 0 Å². The summed E-state index contributed by atoms with van der Waals surface area (Å²) in [5, 5.41) is 0. The van der Waals surface area contributed by atoms with Gasteiger partial charge in [0.25, 0.3) is 0 Å². The lowest BCUT2D eigenvalue weighted by atomic mass is 10.1. The van der Waals surface area contributed by atoms with E-state index in [1.54, 1.807) is 4.50 Å². The van der Waals surface area contributed by atoms with E-state index in [4.69, 9.17) is 6.58 Å². The molecule has 2 radical (unpaired) electrons. The van der Waals surface area contributed by atoms with Gasteiger partial charge in [0.15, 0.2) is 0 Å². The first-order chi connectivity index (χ1) is 13.5. The standard InChI is InChI=1S/C26H38SSi/c1-5-6-7-8-9-10-11-12-13-17-22-28(3,4)26-21-20-25(27-26)23(2)24-18-15-14-16-19-24/h2,15-16,18-21H,5-13,17,22H2,1,3-4H3. The molecule has 0 bridgehead atoms. The maximum absolute atomic E-state index is 6.41. The molecule has 0 fully saturated rings. The Morgan fingerprint density at radius 3 is 2.04 bits per heavy atom. The zero-order chi connectivity index (χ0) is 20.2. The number of unbranched alkanes of at least 4 members (excludes halogenated alkanes) is 9. The molecule has 0 atom stereocenters. The van der Waals surface area contributed by atoms with E-state index < -0.39 is 8.07 Å². The lowest BCUT2D eigenvalue weighted by Gasteiger charge is -2.20. The molecule has 0 saturated carbocycles. The first-order valence-corrected chi connectivity index (χ1v) is 15.3. The van der Waals surface area contributed by atoms with Gasteiger partial charge in [-0.3, -0.25) is 0 Å². The molecular weight excluding hydrogens is 372 g/mol. The highest BCUT2D eigenvalue weighted by molar-refractivity contribution is 7.27. The minimum Gasteiger partial charge on any atom is -0.145 e. The molecule has 0 nitrogen and oxygen atoms in total. The Kier molecular flexibility index (Phi) is 10.3. The van der Waals surface area contributed by atoms with E-state index in [1.165, 1.54) is 75.1 Å². The molecular formula is C26H38SSi. The second-order valence-corrected chi connectivity index (χ2v) is 14.9. The van der Waals surface area contributed by atoms with Crippen LogP contribution in [0.15, 0.2) is 36.4 Å². The van der Waals surface area contributed by atoms with Crippen molar-refractivity contribution in [3.63, 3.8) is 0 Å². The van der Waals surface area contributed by atoms with Crippen molar-refractivity contribution >= 4 is 29.5 Å². The summed E-state index contributed by atoms with van der Waals surface area (Å²) in [5.74, 6) is 0. The van der Waals surface area contributed by atoms with Crippen LogP contribution < -0.4 is 4.50 Å². The van der Waals surface area contributed by atoms with Gasteiger partial charge < -0.3 is 0 Å². The molecule has 2 heteroatoms. The van der Waals surface area contributed by atoms with E-state index in [-0.39, 0.29) is 0 Å². The molecule has 0 amide bonds. The smallest absolute Gasteiger partial charge is 0.0934 e. The summed E-state index contributed by atoms with van der Waals surface area (Å²) in [5.41, 5.74) is 2.00. The zero-order valence-electron chi connectivity index (χ0n) is 18.2. The molecule has 1 heterocycles. The highest BCUT2D eigenvalue weighted by Crippen LogP contribution is 2.27. The summed E-state index contributed by atoms with van der Waals surface area (Å²) in [6.45, 7) is 13.7. The lowest BCUT2D eigenvalue weighted by molar-refractivity contribution is 0.561. The molecule has 1 aromatic heterocycles. The van der Waals surface area contributed by atoms with E-state index in [0.29, 0.717) is 0 Å². The minimum atomic E-state index is -1.35. The fraction of sp³-hybridized carbons (Fsp3) is 0.538. The van der Waals surface area contributed by atoms with Gasteiger partial charge >= 0.3 is 0 Å². The van der Waals surface area contributed by atoms with Gasteiger partial charge in [0, 0.05) is 4.88 Å². The van der Waals surface area contributed by atoms with Gasteiger partial charge in [0.1, 0.15) is 0 Å². The number of hydrogen-bond donors (Lipinski definition) is 0. The summed E-state index contributed by atoms with van der Waals surface area (Å²) < 4.78 is 1.59. The Bertz CT molecular complexity index is 683. The second-order valence-electron chi connectivity index (χ2n) is 8.68. The van der Waals surface area contributed by atoms with Gasteiger partial charge in [-0.1, -0.05) is 127 Å². The fourth-order valence-corrected chi connectivity index (χ4v) is 8.13. The minimum absolute atomic E-state index is 0.897. The molecule has 1 aromatic carbocycles. The van der Waals surface area contributed by atoms with E-state index in [9.17, 15) is 0 Å². The van der Waals surface area contributed by atoms with Crippen LogP contribution in [0.5, 0.6) is 0 Å². The summed E-state index contributed by atoms with van der Waals surface area (Å²) in [4.78, 5) is 1.21. The largest absolute Gasteiger partial charge is 0.145 e. The average Bonchev–Trinajstić information content (AvgIpc) is 3.21. The molecule has 0 unspecified atom stereocenters. The number of benzene rings is 1. The van der Waals surface area contributed by atoms with Gasteiger partial charge in [-0.15, -0.1) is 11.3 Å². The predicted molar refractivity (Wildman–Crippen MR) is 130 cm³/mol. The topological polar surface area (TPSA) is 0 Å². The normalized spacial score (nSPS) is 11.7. The van der Waals surface area contributed by atoms with Crippen LogP contribution in [-0.2, 0) is 0 Å². The molecule has 28 heavy (non-hydrogen) atoms. The van der Waals surface area contributed by atoms with Crippen LogP contribution in [0.3, 0.4) is 0 Å². The Balaban J connectivity index is 1.70. The molecule has 0 saturated heterocycles. The number of hydrogen-bond acceptors (Lipinski definition) is 1. The first kappa shape index (κ1) is 23.2. The first-order valence-electron chi connectivity index (χ1n) is 11.2. The van der Waals surface area contributed by atoms with Gasteiger partial charge in [0.2, 0.25) is 0 Å². The van der Waals surface area contributed by atoms with Crippen molar-refractivity contribution in [2.75, 3.05) is 0 Å². The molecule has 0 spiro atoms. The fourth-order valence-electron chi connectivity index (χ4n) is 3.73. The van der Waals surface area contributed by atoms with Crippen LogP contribution in [0, 0.1) is 12.6 Å². The van der Waals surface area contributed by atoms with Crippen molar-refractivity contribution in [2.45, 2.75) is 90.3 Å². The molecule has 0 aliphatic rings. The van der Waals surface area contributed by atoms with Gasteiger partial charge in [-0.05, 0) is 27.8 Å². The molecule has 0 aliphatic heterocycles. The quantitative estimate of drug-likeness (QED) is 0.217. The molecule has 2 rings (SSSR count). The van der Waals surface area contributed by atoms with Crippen molar-refractivity contribution in [3.05, 3.63) is 59.5 Å². The number of rotatable bonds is 14. The maximum Gasteiger partial charge on any atom is 0.0934 e. The van der Waals surface area contributed by atoms with Gasteiger partial charge in [-0.25, -0.2) is 0 Å². The van der Waals surface area contributed by atoms with Crippen molar-refractivity contribution in [1.82, 2.24) is 0 Å². The van der Waals surface area contributed by atoms with E-state index in [0.717, 1.165) is 11.1 Å². The maximum atomic E-state index is 6.41. The average molecular weight is 411 g/mol. The van der Waals surface area contributed by atoms with Crippen molar-refractivity contribution in [3.8, 4) is 0 Å². The number of thiophene rings is 1. The van der Waals surface area contributed by atoms with Crippen LogP contribution in [0.1, 0.15) is 81.6 Å². The van der Waals surface area contributed by atoms with Crippen molar-refractivity contribution in [1.29, 1.82) is 0 Å². The molecule has 2 aromatic rings. The Labute approximate surface area is 179 Å². The SMILES string of the molecule is [CH]=C(c1cc[c]cc1)c1ccc([Si](C)(C)CCCCCCCCCCCC)s1. The summed E-state index contributed by atoms with van der Waals surface area (Å²) in [6, 6.07) is 17.0. The van der Waals surface area contributed by atoms with Crippen LogP contribution in [0.2, 0.25) is 19.1 Å². The Morgan fingerprint density at radius 1 is 0.857 bits per heavy atom. The van der Waals surface area contributed by atoms with Crippen LogP contribution in [0.25, 0.3) is 5.57 Å². The van der Waals surface area contributed by atoms with Crippen LogP contribution >= 0.6 is 11.3 Å². The van der Waals surface area contributed by atoms with Gasteiger partial charge in [0.05, 0.1) is 8.07 Å². The third kappa shape index (κ3) is 7.71. The van der Waals surface area contributed by atoms with Crippen LogP contribution in [-0.4, -0.2) is 8.07 Å². The Hall–Kier alpha value is -1.12. The highest BCUT2D eigenvalue weighted by Gasteiger charge is 2.25. The summed E-state index contributed by atoms with van der Waals surface area (Å²) in [7, 11) is -1.35. The molecule has 0 N–H and O–H groups in total. The van der Waals surface area contributed by atoms with Crippen molar-refractivity contribution in [2.24, 2.45) is 0 Å².